The molecule has 134 valence electrons. The molecule has 0 atom stereocenters. The van der Waals surface area contributed by atoms with Gasteiger partial charge in [-0.2, -0.15) is 0 Å². The molecule has 2 aromatic carbocycles. The summed E-state index contributed by atoms with van der Waals surface area (Å²) in [6.07, 6.45) is 4.41. The predicted molar refractivity (Wildman–Crippen MR) is 101 cm³/mol. The van der Waals surface area contributed by atoms with E-state index in [2.05, 4.69) is 20.8 Å². The molecule has 0 saturated heterocycles. The van der Waals surface area contributed by atoms with E-state index in [1.165, 1.54) is 18.4 Å². The average Bonchev–Trinajstić information content (AvgIpc) is 2.60. The Morgan fingerprint density at radius 3 is 2.16 bits per heavy atom. The largest absolute Gasteiger partial charge is 0.494 e. The predicted octanol–water partition coefficient (Wildman–Crippen LogP) is 5.67. The molecule has 25 heavy (non-hydrogen) atoms. The molecule has 3 nitrogen and oxygen atoms in total. The van der Waals surface area contributed by atoms with E-state index in [4.69, 9.17) is 9.47 Å². The molecule has 0 spiro atoms. The van der Waals surface area contributed by atoms with Crippen LogP contribution in [0.5, 0.6) is 11.5 Å². The fourth-order valence-corrected chi connectivity index (χ4v) is 2.56. The first-order chi connectivity index (χ1) is 12.1. The highest BCUT2D eigenvalue weighted by atomic mass is 16.5. The second-order valence-electron chi connectivity index (χ2n) is 6.71. The summed E-state index contributed by atoms with van der Waals surface area (Å²) < 4.78 is 11.1. The first-order valence-corrected chi connectivity index (χ1v) is 9.12. The third-order valence-electron chi connectivity index (χ3n) is 3.88. The van der Waals surface area contributed by atoms with E-state index in [9.17, 15) is 4.79 Å². The highest BCUT2D eigenvalue weighted by Crippen LogP contribution is 2.19. The molecule has 0 radical (unpaired) electrons. The molecule has 0 bridgehead atoms. The van der Waals surface area contributed by atoms with Crippen molar-refractivity contribution in [1.29, 1.82) is 0 Å². The van der Waals surface area contributed by atoms with Gasteiger partial charge in [0.05, 0.1) is 12.2 Å². The van der Waals surface area contributed by atoms with Gasteiger partial charge in [-0.1, -0.05) is 45.7 Å². The highest BCUT2D eigenvalue weighted by Gasteiger charge is 2.09. The zero-order chi connectivity index (χ0) is 18.1. The van der Waals surface area contributed by atoms with Gasteiger partial charge in [-0.25, -0.2) is 4.79 Å². The van der Waals surface area contributed by atoms with Gasteiger partial charge in [-0.05, 0) is 60.7 Å². The highest BCUT2D eigenvalue weighted by molar-refractivity contribution is 5.91. The van der Waals surface area contributed by atoms with Gasteiger partial charge < -0.3 is 9.47 Å². The smallest absolute Gasteiger partial charge is 0.343 e. The molecule has 0 unspecified atom stereocenters. The van der Waals surface area contributed by atoms with E-state index >= 15 is 0 Å². The maximum absolute atomic E-state index is 12.2. The fraction of sp³-hybridized carbons (Fsp3) is 0.409. The summed E-state index contributed by atoms with van der Waals surface area (Å²) in [5, 5.41) is 0. The van der Waals surface area contributed by atoms with Crippen LogP contribution in [-0.4, -0.2) is 12.6 Å². The van der Waals surface area contributed by atoms with Gasteiger partial charge in [-0.3, -0.25) is 0 Å². The number of hydrogen-bond donors (Lipinski definition) is 0. The van der Waals surface area contributed by atoms with Crippen LogP contribution in [0, 0.1) is 5.92 Å². The standard InChI is InChI=1S/C22H28O3/c1-4-5-6-15-24-20-11-13-21(14-12-20)25-22(23)19-9-7-18(8-10-19)16-17(2)3/h7-14,17H,4-6,15-16H2,1-3H3. The van der Waals surface area contributed by atoms with Crippen LogP contribution in [0.3, 0.4) is 0 Å². The molecule has 0 heterocycles. The topological polar surface area (TPSA) is 35.5 Å². The Morgan fingerprint density at radius 2 is 1.56 bits per heavy atom. The Kier molecular flexibility index (Phi) is 7.52. The SMILES string of the molecule is CCCCCOc1ccc(OC(=O)c2ccc(CC(C)C)cc2)cc1. The molecule has 0 aliphatic rings. The van der Waals surface area contributed by atoms with Crippen molar-refractivity contribution >= 4 is 5.97 Å². The minimum absolute atomic E-state index is 0.340. The average molecular weight is 340 g/mol. The van der Waals surface area contributed by atoms with E-state index in [0.29, 0.717) is 17.2 Å². The molecule has 2 aromatic rings. The Labute approximate surface area is 151 Å². The number of carbonyl (C=O) groups excluding carboxylic acids is 1. The fourth-order valence-electron chi connectivity index (χ4n) is 2.56. The number of esters is 1. The van der Waals surface area contributed by atoms with Gasteiger partial charge in [-0.15, -0.1) is 0 Å². The Hall–Kier alpha value is -2.29. The summed E-state index contributed by atoms with van der Waals surface area (Å²) in [6.45, 7) is 7.25. The van der Waals surface area contributed by atoms with Crippen LogP contribution in [0.1, 0.15) is 56.0 Å². The molecule has 0 fully saturated rings. The summed E-state index contributed by atoms with van der Waals surface area (Å²) >= 11 is 0. The summed E-state index contributed by atoms with van der Waals surface area (Å²) in [5.74, 6) is 1.58. The minimum Gasteiger partial charge on any atom is -0.494 e. The molecular weight excluding hydrogens is 312 g/mol. The van der Waals surface area contributed by atoms with Crippen molar-refractivity contribution in [2.45, 2.75) is 46.5 Å². The molecule has 0 N–H and O–H groups in total. The van der Waals surface area contributed by atoms with Crippen molar-refractivity contribution in [3.63, 3.8) is 0 Å². The molecule has 0 saturated carbocycles. The van der Waals surface area contributed by atoms with Crippen LogP contribution in [0.2, 0.25) is 0 Å². The van der Waals surface area contributed by atoms with Gasteiger partial charge >= 0.3 is 5.97 Å². The van der Waals surface area contributed by atoms with E-state index in [0.717, 1.165) is 25.2 Å². The van der Waals surface area contributed by atoms with Crippen molar-refractivity contribution in [1.82, 2.24) is 0 Å². The van der Waals surface area contributed by atoms with Crippen LogP contribution >= 0.6 is 0 Å². The van der Waals surface area contributed by atoms with Crippen molar-refractivity contribution in [2.24, 2.45) is 5.92 Å². The molecule has 3 heteroatoms. The Bertz CT molecular complexity index is 642. The number of carbonyl (C=O) groups is 1. The molecule has 2 rings (SSSR count). The van der Waals surface area contributed by atoms with Gasteiger partial charge in [0.25, 0.3) is 0 Å². The van der Waals surface area contributed by atoms with Gasteiger partial charge in [0.2, 0.25) is 0 Å². The van der Waals surface area contributed by atoms with Crippen molar-refractivity contribution in [3.05, 3.63) is 59.7 Å². The summed E-state index contributed by atoms with van der Waals surface area (Å²) in [7, 11) is 0. The van der Waals surface area contributed by atoms with Gasteiger partial charge in [0, 0.05) is 0 Å². The van der Waals surface area contributed by atoms with Crippen molar-refractivity contribution in [2.75, 3.05) is 6.61 Å². The maximum atomic E-state index is 12.2. The number of ether oxygens (including phenoxy) is 2. The number of hydrogen-bond acceptors (Lipinski definition) is 3. The molecular formula is C22H28O3. The van der Waals surface area contributed by atoms with Gasteiger partial charge in [0.1, 0.15) is 11.5 Å². The zero-order valence-electron chi connectivity index (χ0n) is 15.5. The number of benzene rings is 2. The van der Waals surface area contributed by atoms with E-state index in [-0.39, 0.29) is 5.97 Å². The van der Waals surface area contributed by atoms with Crippen molar-refractivity contribution < 1.29 is 14.3 Å². The van der Waals surface area contributed by atoms with Gasteiger partial charge in [0.15, 0.2) is 0 Å². The molecule has 0 aliphatic heterocycles. The summed E-state index contributed by atoms with van der Waals surface area (Å²) in [5.41, 5.74) is 1.79. The Morgan fingerprint density at radius 1 is 0.920 bits per heavy atom. The lowest BCUT2D eigenvalue weighted by molar-refractivity contribution is 0.0734. The van der Waals surface area contributed by atoms with E-state index in [1.54, 1.807) is 12.1 Å². The maximum Gasteiger partial charge on any atom is 0.343 e. The molecule has 0 amide bonds. The normalized spacial score (nSPS) is 10.7. The monoisotopic (exact) mass is 340 g/mol. The second kappa shape index (κ2) is 9.87. The van der Waals surface area contributed by atoms with Crippen LogP contribution in [0.15, 0.2) is 48.5 Å². The van der Waals surface area contributed by atoms with Crippen LogP contribution in [-0.2, 0) is 6.42 Å². The molecule has 0 aliphatic carbocycles. The Balaban J connectivity index is 1.87. The quantitative estimate of drug-likeness (QED) is 0.335. The molecule has 0 aromatic heterocycles. The first-order valence-electron chi connectivity index (χ1n) is 9.12. The first kappa shape index (κ1) is 19.0. The summed E-state index contributed by atoms with van der Waals surface area (Å²) in [6, 6.07) is 14.8. The van der Waals surface area contributed by atoms with Crippen molar-refractivity contribution in [3.8, 4) is 11.5 Å². The third-order valence-corrected chi connectivity index (χ3v) is 3.88. The van der Waals surface area contributed by atoms with Crippen LogP contribution in [0.25, 0.3) is 0 Å². The number of rotatable bonds is 9. The lowest BCUT2D eigenvalue weighted by atomic mass is 10.0. The van der Waals surface area contributed by atoms with E-state index < -0.39 is 0 Å². The third kappa shape index (κ3) is 6.61. The number of unbranched alkanes of at least 4 members (excludes halogenated alkanes) is 2. The van der Waals surface area contributed by atoms with E-state index in [1.807, 2.05) is 36.4 Å². The minimum atomic E-state index is -0.340. The second-order valence-corrected chi connectivity index (χ2v) is 6.71. The zero-order valence-corrected chi connectivity index (χ0v) is 15.5. The lowest BCUT2D eigenvalue weighted by Crippen LogP contribution is -2.08. The van der Waals surface area contributed by atoms with Crippen LogP contribution in [0.4, 0.5) is 0 Å². The summed E-state index contributed by atoms with van der Waals surface area (Å²) in [4.78, 5) is 12.2. The van der Waals surface area contributed by atoms with Crippen LogP contribution < -0.4 is 9.47 Å². The lowest BCUT2D eigenvalue weighted by Gasteiger charge is -2.08.